The average Bonchev–Trinajstić information content (AvgIpc) is 3.06. The van der Waals surface area contributed by atoms with Gasteiger partial charge >= 0.3 is 6.09 Å². The highest BCUT2D eigenvalue weighted by Crippen LogP contribution is 2.46. The maximum atomic E-state index is 15.1. The van der Waals surface area contributed by atoms with E-state index in [2.05, 4.69) is 4.90 Å². The Hall–Kier alpha value is -2.65. The SMILES string of the molecule is CN1CCN(c2c(F)cc3c(=O)n(C(=O)O)c4scc5c4c3c2OC5)CC1. The first-order chi connectivity index (χ1) is 13.0. The van der Waals surface area contributed by atoms with E-state index in [1.54, 1.807) is 5.38 Å². The first kappa shape index (κ1) is 16.5. The number of rotatable bonds is 1. The van der Waals surface area contributed by atoms with Crippen molar-refractivity contribution >= 4 is 44.1 Å². The van der Waals surface area contributed by atoms with Gasteiger partial charge in [0.25, 0.3) is 5.56 Å². The van der Waals surface area contributed by atoms with Gasteiger partial charge in [0.15, 0.2) is 11.6 Å². The van der Waals surface area contributed by atoms with Crippen LogP contribution in [0.5, 0.6) is 5.75 Å². The predicted molar refractivity (Wildman–Crippen MR) is 101 cm³/mol. The number of halogens is 1. The lowest BCUT2D eigenvalue weighted by Gasteiger charge is -2.35. The van der Waals surface area contributed by atoms with Gasteiger partial charge in [0, 0.05) is 47.9 Å². The maximum Gasteiger partial charge on any atom is 0.419 e. The highest BCUT2D eigenvalue weighted by molar-refractivity contribution is 7.17. The molecule has 1 saturated heterocycles. The Morgan fingerprint density at radius 3 is 2.70 bits per heavy atom. The number of hydrogen-bond donors (Lipinski definition) is 1. The minimum Gasteiger partial charge on any atom is -0.486 e. The molecule has 140 valence electrons. The van der Waals surface area contributed by atoms with Crippen LogP contribution in [0.4, 0.5) is 14.9 Å². The minimum atomic E-state index is -1.37. The van der Waals surface area contributed by atoms with Crippen LogP contribution in [0.25, 0.3) is 21.0 Å². The maximum absolute atomic E-state index is 15.1. The van der Waals surface area contributed by atoms with E-state index in [-0.39, 0.29) is 12.0 Å². The van der Waals surface area contributed by atoms with E-state index >= 15 is 4.39 Å². The van der Waals surface area contributed by atoms with Crippen molar-refractivity contribution in [2.75, 3.05) is 38.1 Å². The lowest BCUT2D eigenvalue weighted by molar-refractivity contribution is 0.196. The second-order valence-electron chi connectivity index (χ2n) is 6.90. The first-order valence-electron chi connectivity index (χ1n) is 8.58. The molecular weight excluding hydrogens is 373 g/mol. The van der Waals surface area contributed by atoms with Crippen LogP contribution < -0.4 is 15.2 Å². The summed E-state index contributed by atoms with van der Waals surface area (Å²) in [5, 5.41) is 12.5. The molecule has 0 bridgehead atoms. The van der Waals surface area contributed by atoms with Crippen LogP contribution in [-0.2, 0) is 6.61 Å². The topological polar surface area (TPSA) is 75.0 Å². The smallest absolute Gasteiger partial charge is 0.419 e. The van der Waals surface area contributed by atoms with Gasteiger partial charge in [-0.25, -0.2) is 13.8 Å². The van der Waals surface area contributed by atoms with Crippen LogP contribution in [0, 0.1) is 5.82 Å². The molecule has 4 heterocycles. The first-order valence-corrected chi connectivity index (χ1v) is 9.46. The van der Waals surface area contributed by atoms with E-state index in [4.69, 9.17) is 4.74 Å². The summed E-state index contributed by atoms with van der Waals surface area (Å²) in [5.41, 5.74) is 0.439. The molecule has 1 N–H and O–H groups in total. The van der Waals surface area contributed by atoms with Crippen molar-refractivity contribution in [1.29, 1.82) is 0 Å². The molecule has 1 fully saturated rings. The van der Waals surface area contributed by atoms with Crippen LogP contribution in [0.2, 0.25) is 0 Å². The van der Waals surface area contributed by atoms with E-state index in [0.29, 0.717) is 44.7 Å². The number of hydrogen-bond acceptors (Lipinski definition) is 6. The molecule has 5 rings (SSSR count). The number of likely N-dealkylation sites (N-methyl/N-ethyl adjacent to an activating group) is 1. The van der Waals surface area contributed by atoms with Crippen LogP contribution in [-0.4, -0.2) is 53.9 Å². The minimum absolute atomic E-state index is 0.0367. The Bertz CT molecular complexity index is 1180. The molecular formula is C18H16FN3O4S. The van der Waals surface area contributed by atoms with E-state index in [0.717, 1.165) is 24.7 Å². The zero-order chi connectivity index (χ0) is 18.9. The van der Waals surface area contributed by atoms with Gasteiger partial charge in [-0.15, -0.1) is 11.3 Å². The van der Waals surface area contributed by atoms with Gasteiger partial charge in [-0.1, -0.05) is 0 Å². The number of aromatic nitrogens is 1. The van der Waals surface area contributed by atoms with Crippen molar-refractivity contribution in [3.05, 3.63) is 33.2 Å². The predicted octanol–water partition coefficient (Wildman–Crippen LogP) is 2.53. The Kier molecular flexibility index (Phi) is 3.47. The molecule has 0 saturated carbocycles. The third kappa shape index (κ3) is 2.21. The number of benzene rings is 1. The number of ether oxygens (including phenoxy) is 1. The second-order valence-corrected chi connectivity index (χ2v) is 7.76. The molecule has 3 aromatic rings. The summed E-state index contributed by atoms with van der Waals surface area (Å²) >= 11 is 1.19. The number of thiophene rings is 1. The van der Waals surface area contributed by atoms with Gasteiger partial charge in [0.1, 0.15) is 17.1 Å². The summed E-state index contributed by atoms with van der Waals surface area (Å²) in [6.07, 6.45) is -1.37. The molecule has 0 radical (unpaired) electrons. The summed E-state index contributed by atoms with van der Waals surface area (Å²) in [4.78, 5) is 28.9. The van der Waals surface area contributed by atoms with Gasteiger partial charge in [-0.3, -0.25) is 4.79 Å². The lowest BCUT2D eigenvalue weighted by atomic mass is 10.0. The fraction of sp³-hybridized carbons (Fsp3) is 0.333. The van der Waals surface area contributed by atoms with Gasteiger partial charge in [-0.2, -0.15) is 0 Å². The summed E-state index contributed by atoms with van der Waals surface area (Å²) in [5.74, 6) is -0.214. The van der Waals surface area contributed by atoms with Crippen molar-refractivity contribution in [2.45, 2.75) is 6.61 Å². The van der Waals surface area contributed by atoms with Crippen LogP contribution in [0.15, 0.2) is 16.2 Å². The molecule has 2 aromatic heterocycles. The van der Waals surface area contributed by atoms with Gasteiger partial charge in [0.05, 0.1) is 5.39 Å². The normalized spacial score (nSPS) is 17.0. The van der Waals surface area contributed by atoms with Crippen molar-refractivity contribution in [2.24, 2.45) is 0 Å². The number of anilines is 1. The van der Waals surface area contributed by atoms with Crippen LogP contribution >= 0.6 is 11.3 Å². The van der Waals surface area contributed by atoms with Gasteiger partial charge in [0.2, 0.25) is 0 Å². The molecule has 9 heteroatoms. The Morgan fingerprint density at radius 2 is 2.00 bits per heavy atom. The van der Waals surface area contributed by atoms with Crippen molar-refractivity contribution < 1.29 is 19.0 Å². The third-order valence-electron chi connectivity index (χ3n) is 5.33. The fourth-order valence-electron chi connectivity index (χ4n) is 3.96. The monoisotopic (exact) mass is 389 g/mol. The lowest BCUT2D eigenvalue weighted by Crippen LogP contribution is -2.45. The molecule has 2 aliphatic heterocycles. The molecule has 0 aliphatic carbocycles. The molecule has 0 atom stereocenters. The largest absolute Gasteiger partial charge is 0.486 e. The molecule has 7 nitrogen and oxygen atoms in total. The quantitative estimate of drug-likeness (QED) is 0.689. The van der Waals surface area contributed by atoms with Crippen molar-refractivity contribution in [1.82, 2.24) is 9.47 Å². The number of nitrogens with zero attached hydrogens (tertiary/aromatic N) is 3. The fourth-order valence-corrected chi connectivity index (χ4v) is 5.01. The Labute approximate surface area is 156 Å². The third-order valence-corrected chi connectivity index (χ3v) is 6.34. The summed E-state index contributed by atoms with van der Waals surface area (Å²) in [7, 11) is 2.02. The molecule has 27 heavy (non-hydrogen) atoms. The van der Waals surface area contributed by atoms with Gasteiger partial charge in [-0.05, 0) is 13.1 Å². The van der Waals surface area contributed by atoms with E-state index in [1.165, 1.54) is 11.3 Å². The summed E-state index contributed by atoms with van der Waals surface area (Å²) in [6.45, 7) is 3.14. The van der Waals surface area contributed by atoms with E-state index in [1.807, 2.05) is 11.9 Å². The number of carbonyl (C=O) groups is 1. The zero-order valence-electron chi connectivity index (χ0n) is 14.5. The van der Waals surface area contributed by atoms with E-state index in [9.17, 15) is 14.7 Å². The number of piperazine rings is 1. The van der Waals surface area contributed by atoms with Crippen LogP contribution in [0.1, 0.15) is 5.56 Å². The van der Waals surface area contributed by atoms with Gasteiger partial charge < -0.3 is 19.6 Å². The standard InChI is InChI=1S/C18H16FN3O4S/c1-20-2-4-21(5-3-20)14-11(19)6-10-13-12-9(7-26-15(13)14)8-27-17(12)22(16(10)23)18(24)25/h6,8H,2-5,7H2,1H3,(H,24,25). The van der Waals surface area contributed by atoms with Crippen LogP contribution in [0.3, 0.4) is 0 Å². The number of pyridine rings is 1. The number of carboxylic acid groups (broad SMARTS) is 1. The van der Waals surface area contributed by atoms with Crippen molar-refractivity contribution in [3.63, 3.8) is 0 Å². The summed E-state index contributed by atoms with van der Waals surface area (Å²) < 4.78 is 21.7. The Morgan fingerprint density at radius 1 is 1.26 bits per heavy atom. The zero-order valence-corrected chi connectivity index (χ0v) is 15.3. The van der Waals surface area contributed by atoms with Crippen molar-refractivity contribution in [3.8, 4) is 5.75 Å². The van der Waals surface area contributed by atoms with E-state index < -0.39 is 17.5 Å². The second kappa shape index (κ2) is 5.67. The molecule has 0 unspecified atom stereocenters. The average molecular weight is 389 g/mol. The highest BCUT2D eigenvalue weighted by Gasteiger charge is 2.31. The molecule has 0 spiro atoms. The summed E-state index contributed by atoms with van der Waals surface area (Å²) in [6, 6.07) is 1.16. The highest BCUT2D eigenvalue weighted by atomic mass is 32.1. The molecule has 1 aromatic carbocycles. The Balaban J connectivity index is 1.88. The molecule has 2 aliphatic rings. The molecule has 0 amide bonds.